The molecule has 1 amide bonds. The molecule has 0 bridgehead atoms. The summed E-state index contributed by atoms with van der Waals surface area (Å²) in [5.74, 6) is -1.54. The molecule has 0 unspecified atom stereocenters. The molecule has 2 fully saturated rings. The molecule has 2 aromatic rings. The molecule has 24 heavy (non-hydrogen) atoms. The highest BCUT2D eigenvalue weighted by molar-refractivity contribution is 7.92. The van der Waals surface area contributed by atoms with Crippen LogP contribution in [0.5, 0.6) is 5.75 Å². The van der Waals surface area contributed by atoms with Crippen molar-refractivity contribution in [1.82, 2.24) is 9.71 Å². The number of halogens is 1. The standard InChI is InChI=1S/C14H12FN3O5S/c15-12-8(10-5-16-14(23-10)7-1-2-7)3-4-9(19)13(12)18-6-11(20)17-24(18,21)22/h3-5,7,19H,1-2,6H2,(H,17,20). The van der Waals surface area contributed by atoms with Crippen molar-refractivity contribution in [3.05, 3.63) is 30.0 Å². The normalized spacial score (nSPS) is 19.5. The van der Waals surface area contributed by atoms with E-state index in [-0.39, 0.29) is 17.2 Å². The summed E-state index contributed by atoms with van der Waals surface area (Å²) >= 11 is 0. The minimum atomic E-state index is -4.24. The monoisotopic (exact) mass is 353 g/mol. The van der Waals surface area contributed by atoms with Crippen LogP contribution in [-0.2, 0) is 15.0 Å². The van der Waals surface area contributed by atoms with Gasteiger partial charge in [0.25, 0.3) is 5.91 Å². The Morgan fingerprint density at radius 3 is 2.75 bits per heavy atom. The number of carbonyl (C=O) groups excluding carboxylic acids is 1. The van der Waals surface area contributed by atoms with Crippen molar-refractivity contribution >= 4 is 21.8 Å². The van der Waals surface area contributed by atoms with Crippen molar-refractivity contribution in [3.63, 3.8) is 0 Å². The average Bonchev–Trinajstić information content (AvgIpc) is 3.17. The van der Waals surface area contributed by atoms with E-state index in [1.54, 1.807) is 4.72 Å². The molecule has 10 heteroatoms. The van der Waals surface area contributed by atoms with Crippen LogP contribution in [0.15, 0.2) is 22.7 Å². The highest BCUT2D eigenvalue weighted by Gasteiger charge is 2.38. The first-order valence-corrected chi connectivity index (χ1v) is 8.61. The summed E-state index contributed by atoms with van der Waals surface area (Å²) in [6.07, 6.45) is 3.28. The largest absolute Gasteiger partial charge is 0.506 e. The summed E-state index contributed by atoms with van der Waals surface area (Å²) in [7, 11) is -4.24. The Hall–Kier alpha value is -2.62. The van der Waals surface area contributed by atoms with Crippen molar-refractivity contribution in [2.24, 2.45) is 0 Å². The lowest BCUT2D eigenvalue weighted by Crippen LogP contribution is -2.30. The highest BCUT2D eigenvalue weighted by atomic mass is 32.2. The van der Waals surface area contributed by atoms with Crippen molar-refractivity contribution in [2.45, 2.75) is 18.8 Å². The molecule has 2 N–H and O–H groups in total. The van der Waals surface area contributed by atoms with Gasteiger partial charge >= 0.3 is 10.2 Å². The van der Waals surface area contributed by atoms with Crippen molar-refractivity contribution in [3.8, 4) is 17.1 Å². The molecule has 0 atom stereocenters. The van der Waals surface area contributed by atoms with Crippen molar-refractivity contribution in [2.75, 3.05) is 10.8 Å². The van der Waals surface area contributed by atoms with Crippen LogP contribution in [0.25, 0.3) is 11.3 Å². The van der Waals surface area contributed by atoms with Crippen LogP contribution < -0.4 is 9.03 Å². The van der Waals surface area contributed by atoms with Crippen LogP contribution >= 0.6 is 0 Å². The number of phenolic OH excluding ortho intramolecular Hbond substituents is 1. The molecular formula is C14H12FN3O5S. The fourth-order valence-corrected chi connectivity index (χ4v) is 3.72. The Balaban J connectivity index is 1.82. The summed E-state index contributed by atoms with van der Waals surface area (Å²) in [5.41, 5.74) is -0.646. The van der Waals surface area contributed by atoms with Crippen molar-refractivity contribution in [1.29, 1.82) is 0 Å². The number of rotatable bonds is 3. The zero-order valence-corrected chi connectivity index (χ0v) is 13.0. The first-order valence-electron chi connectivity index (χ1n) is 7.17. The van der Waals surface area contributed by atoms with Gasteiger partial charge in [-0.1, -0.05) is 0 Å². The number of nitrogens with zero attached hydrogens (tertiary/aromatic N) is 2. The summed E-state index contributed by atoms with van der Waals surface area (Å²) in [4.78, 5) is 15.4. The molecule has 1 saturated carbocycles. The van der Waals surface area contributed by atoms with Crippen LogP contribution in [0.1, 0.15) is 24.7 Å². The first kappa shape index (κ1) is 14.9. The average molecular weight is 353 g/mol. The number of phenols is 1. The lowest BCUT2D eigenvalue weighted by Gasteiger charge is -2.17. The third kappa shape index (κ3) is 2.30. The molecule has 2 aliphatic rings. The summed E-state index contributed by atoms with van der Waals surface area (Å²) in [5, 5.41) is 9.91. The number of oxazole rings is 1. The lowest BCUT2D eigenvalue weighted by molar-refractivity contribution is -0.117. The van der Waals surface area contributed by atoms with Crippen LogP contribution in [0.4, 0.5) is 10.1 Å². The smallest absolute Gasteiger partial charge is 0.326 e. The summed E-state index contributed by atoms with van der Waals surface area (Å²) < 4.78 is 46.4. The van der Waals surface area contributed by atoms with Gasteiger partial charge < -0.3 is 9.52 Å². The molecule has 8 nitrogen and oxygen atoms in total. The number of nitrogens with one attached hydrogen (secondary N) is 1. The number of benzene rings is 1. The number of carbonyl (C=O) groups is 1. The van der Waals surface area contributed by atoms with E-state index >= 15 is 0 Å². The van der Waals surface area contributed by atoms with Gasteiger partial charge in [0.2, 0.25) is 0 Å². The third-order valence-corrected chi connectivity index (χ3v) is 5.26. The van der Waals surface area contributed by atoms with Gasteiger partial charge in [0.15, 0.2) is 17.5 Å². The van der Waals surface area contributed by atoms with E-state index in [0.717, 1.165) is 18.9 Å². The van der Waals surface area contributed by atoms with Gasteiger partial charge in [-0.15, -0.1) is 0 Å². The Bertz CT molecular complexity index is 951. The van der Waals surface area contributed by atoms with Crippen LogP contribution in [0.3, 0.4) is 0 Å². The van der Waals surface area contributed by atoms with Crippen LogP contribution in [0.2, 0.25) is 0 Å². The van der Waals surface area contributed by atoms with Gasteiger partial charge in [0.05, 0.1) is 11.8 Å². The lowest BCUT2D eigenvalue weighted by atomic mass is 10.1. The number of hydrogen-bond donors (Lipinski definition) is 2. The van der Waals surface area contributed by atoms with Gasteiger partial charge in [0, 0.05) is 5.92 Å². The molecule has 126 valence electrons. The number of amides is 1. The molecule has 2 heterocycles. The van der Waals surface area contributed by atoms with Gasteiger partial charge in [-0.3, -0.25) is 4.79 Å². The number of hydrogen-bond acceptors (Lipinski definition) is 6. The van der Waals surface area contributed by atoms with E-state index in [1.807, 2.05) is 0 Å². The summed E-state index contributed by atoms with van der Waals surface area (Å²) in [6.45, 7) is -0.611. The van der Waals surface area contributed by atoms with Crippen LogP contribution in [-0.4, -0.2) is 31.0 Å². The van der Waals surface area contributed by atoms with E-state index in [9.17, 15) is 22.7 Å². The van der Waals surface area contributed by atoms with E-state index in [4.69, 9.17) is 4.42 Å². The molecule has 1 aromatic carbocycles. The number of aromatic hydroxyl groups is 1. The Labute approximate surface area is 136 Å². The SMILES string of the molecule is O=C1CN(c2c(O)ccc(-c3cnc(C4CC4)o3)c2F)S(=O)(=O)N1. The zero-order chi connectivity index (χ0) is 17.1. The van der Waals surface area contributed by atoms with E-state index in [0.29, 0.717) is 10.2 Å². The minimum absolute atomic E-state index is 0.0447. The molecular weight excluding hydrogens is 341 g/mol. The fraction of sp³-hybridized carbons (Fsp3) is 0.286. The molecule has 4 rings (SSSR count). The molecule has 1 aliphatic carbocycles. The van der Waals surface area contributed by atoms with Gasteiger partial charge in [-0.05, 0) is 25.0 Å². The predicted molar refractivity (Wildman–Crippen MR) is 79.9 cm³/mol. The second kappa shape index (κ2) is 4.94. The molecule has 1 aliphatic heterocycles. The van der Waals surface area contributed by atoms with Gasteiger partial charge in [-0.25, -0.2) is 18.4 Å². The van der Waals surface area contributed by atoms with E-state index in [2.05, 4.69) is 4.98 Å². The maximum atomic E-state index is 14.9. The molecule has 0 radical (unpaired) electrons. The second-order valence-corrected chi connectivity index (χ2v) is 7.26. The number of aromatic nitrogens is 1. The first-order chi connectivity index (χ1) is 11.4. The predicted octanol–water partition coefficient (Wildman–Crippen LogP) is 1.24. The Morgan fingerprint density at radius 2 is 2.12 bits per heavy atom. The topological polar surface area (TPSA) is 113 Å². The highest BCUT2D eigenvalue weighted by Crippen LogP contribution is 2.42. The van der Waals surface area contributed by atoms with E-state index < -0.39 is 39.9 Å². The number of anilines is 1. The molecule has 1 saturated heterocycles. The fourth-order valence-electron chi connectivity index (χ4n) is 2.56. The molecule has 0 spiro atoms. The van der Waals surface area contributed by atoms with Crippen LogP contribution in [0, 0.1) is 5.82 Å². The Kier molecular flexibility index (Phi) is 3.07. The minimum Gasteiger partial charge on any atom is -0.506 e. The summed E-state index contributed by atoms with van der Waals surface area (Å²) in [6, 6.07) is 2.41. The van der Waals surface area contributed by atoms with Crippen molar-refractivity contribution < 1.29 is 27.1 Å². The van der Waals surface area contributed by atoms with Gasteiger partial charge in [-0.2, -0.15) is 8.42 Å². The van der Waals surface area contributed by atoms with E-state index in [1.165, 1.54) is 12.3 Å². The quantitative estimate of drug-likeness (QED) is 0.858. The third-order valence-electron chi connectivity index (χ3n) is 3.88. The zero-order valence-electron chi connectivity index (χ0n) is 12.2. The maximum Gasteiger partial charge on any atom is 0.326 e. The Morgan fingerprint density at radius 1 is 1.38 bits per heavy atom. The molecule has 1 aromatic heterocycles. The second-order valence-electron chi connectivity index (χ2n) is 5.67. The maximum absolute atomic E-state index is 14.9. The van der Waals surface area contributed by atoms with Gasteiger partial charge in [0.1, 0.15) is 18.0 Å².